The number of benzene rings is 1. The number of carbonyl (C=O) groups is 1. The van der Waals surface area contributed by atoms with Crippen molar-refractivity contribution >= 4 is 16.9 Å². The zero-order chi connectivity index (χ0) is 19.9. The molecule has 0 spiro atoms. The number of rotatable bonds is 8. The maximum absolute atomic E-state index is 12.3. The minimum absolute atomic E-state index is 0.0970. The van der Waals surface area contributed by atoms with E-state index in [0.717, 1.165) is 62.7 Å². The van der Waals surface area contributed by atoms with Crippen molar-refractivity contribution in [1.82, 2.24) is 10.2 Å². The van der Waals surface area contributed by atoms with Crippen LogP contribution in [0.3, 0.4) is 0 Å². The first-order valence-electron chi connectivity index (χ1n) is 10.2. The molecule has 1 aromatic heterocycles. The van der Waals surface area contributed by atoms with Crippen molar-refractivity contribution in [3.05, 3.63) is 40.2 Å². The summed E-state index contributed by atoms with van der Waals surface area (Å²) in [5.74, 6) is 0.951. The Hall–Kier alpha value is -2.34. The molecule has 2 aromatic rings. The number of fused-ring (bicyclic) bond motifs is 1. The van der Waals surface area contributed by atoms with Gasteiger partial charge in [0, 0.05) is 36.5 Å². The topological polar surface area (TPSA) is 71.8 Å². The SMILES string of the molecule is CCCCCNC(=O)C1CCN(Cc2cc(=O)oc3cc(OC)ccc23)CC1. The fraction of sp³-hybridized carbons (Fsp3) is 0.545. The molecule has 1 aliphatic rings. The average Bonchev–Trinajstić information content (AvgIpc) is 2.71. The molecular formula is C22H30N2O4. The summed E-state index contributed by atoms with van der Waals surface area (Å²) in [6.07, 6.45) is 5.08. The highest BCUT2D eigenvalue weighted by atomic mass is 16.5. The van der Waals surface area contributed by atoms with Crippen LogP contribution in [-0.2, 0) is 11.3 Å². The quantitative estimate of drug-likeness (QED) is 0.557. The minimum Gasteiger partial charge on any atom is -0.497 e. The Bertz CT molecular complexity index is 853. The van der Waals surface area contributed by atoms with Gasteiger partial charge in [-0.2, -0.15) is 0 Å². The number of hydrogen-bond donors (Lipinski definition) is 1. The van der Waals surface area contributed by atoms with E-state index < -0.39 is 0 Å². The second-order valence-corrected chi connectivity index (χ2v) is 7.50. The molecule has 0 radical (unpaired) electrons. The van der Waals surface area contributed by atoms with Crippen LogP contribution < -0.4 is 15.7 Å². The van der Waals surface area contributed by atoms with E-state index in [2.05, 4.69) is 17.1 Å². The lowest BCUT2D eigenvalue weighted by atomic mass is 9.95. The van der Waals surface area contributed by atoms with Gasteiger partial charge in [-0.1, -0.05) is 19.8 Å². The minimum atomic E-state index is -0.350. The second kappa shape index (κ2) is 9.73. The molecule has 28 heavy (non-hydrogen) atoms. The first kappa shape index (κ1) is 20.4. The van der Waals surface area contributed by atoms with E-state index in [1.54, 1.807) is 19.2 Å². The zero-order valence-electron chi connectivity index (χ0n) is 16.8. The van der Waals surface area contributed by atoms with Crippen LogP contribution in [0.4, 0.5) is 0 Å². The molecule has 1 N–H and O–H groups in total. The third-order valence-corrected chi connectivity index (χ3v) is 5.47. The molecule has 6 nitrogen and oxygen atoms in total. The monoisotopic (exact) mass is 386 g/mol. The number of piperidine rings is 1. The average molecular weight is 386 g/mol. The number of likely N-dealkylation sites (tertiary alicyclic amines) is 1. The highest BCUT2D eigenvalue weighted by Gasteiger charge is 2.25. The molecule has 0 aliphatic carbocycles. The van der Waals surface area contributed by atoms with Crippen molar-refractivity contribution in [2.75, 3.05) is 26.7 Å². The van der Waals surface area contributed by atoms with Gasteiger partial charge < -0.3 is 14.5 Å². The summed E-state index contributed by atoms with van der Waals surface area (Å²) >= 11 is 0. The van der Waals surface area contributed by atoms with Gasteiger partial charge in [0.05, 0.1) is 7.11 Å². The van der Waals surface area contributed by atoms with Crippen LogP contribution in [-0.4, -0.2) is 37.6 Å². The molecule has 6 heteroatoms. The van der Waals surface area contributed by atoms with Crippen LogP contribution in [0, 0.1) is 5.92 Å². The first-order chi connectivity index (χ1) is 13.6. The van der Waals surface area contributed by atoms with E-state index in [1.807, 2.05) is 12.1 Å². The molecule has 0 atom stereocenters. The Morgan fingerprint density at radius 1 is 1.25 bits per heavy atom. The van der Waals surface area contributed by atoms with Crippen molar-refractivity contribution in [3.63, 3.8) is 0 Å². The molecule has 0 bridgehead atoms. The van der Waals surface area contributed by atoms with E-state index in [-0.39, 0.29) is 17.5 Å². The zero-order valence-corrected chi connectivity index (χ0v) is 16.8. The predicted molar refractivity (Wildman–Crippen MR) is 110 cm³/mol. The lowest BCUT2D eigenvalue weighted by molar-refractivity contribution is -0.126. The van der Waals surface area contributed by atoms with E-state index >= 15 is 0 Å². The van der Waals surface area contributed by atoms with Crippen molar-refractivity contribution < 1.29 is 13.9 Å². The molecule has 1 saturated heterocycles. The molecule has 1 amide bonds. The Kier molecular flexibility index (Phi) is 7.09. The lowest BCUT2D eigenvalue weighted by Gasteiger charge is -2.31. The summed E-state index contributed by atoms with van der Waals surface area (Å²) in [4.78, 5) is 26.6. The van der Waals surface area contributed by atoms with E-state index in [0.29, 0.717) is 17.9 Å². The molecule has 0 unspecified atom stereocenters. The van der Waals surface area contributed by atoms with Gasteiger partial charge >= 0.3 is 5.63 Å². The molecule has 0 saturated carbocycles. The maximum atomic E-state index is 12.3. The maximum Gasteiger partial charge on any atom is 0.336 e. The van der Waals surface area contributed by atoms with Crippen LogP contribution in [0.15, 0.2) is 33.5 Å². The van der Waals surface area contributed by atoms with Gasteiger partial charge in [-0.05, 0) is 50.0 Å². The fourth-order valence-electron chi connectivity index (χ4n) is 3.79. The van der Waals surface area contributed by atoms with Gasteiger partial charge in [-0.15, -0.1) is 0 Å². The van der Waals surface area contributed by atoms with Gasteiger partial charge in [-0.3, -0.25) is 9.69 Å². The van der Waals surface area contributed by atoms with E-state index in [1.165, 1.54) is 0 Å². The second-order valence-electron chi connectivity index (χ2n) is 7.50. The predicted octanol–water partition coefficient (Wildman–Crippen LogP) is 3.32. The Morgan fingerprint density at radius 3 is 2.75 bits per heavy atom. The highest BCUT2D eigenvalue weighted by molar-refractivity contribution is 5.81. The molecule has 1 aromatic carbocycles. The van der Waals surface area contributed by atoms with Gasteiger partial charge in [-0.25, -0.2) is 4.79 Å². The third-order valence-electron chi connectivity index (χ3n) is 5.47. The number of nitrogens with one attached hydrogen (secondary N) is 1. The van der Waals surface area contributed by atoms with Gasteiger partial charge in [0.15, 0.2) is 0 Å². The van der Waals surface area contributed by atoms with Crippen LogP contribution in [0.1, 0.15) is 44.6 Å². The number of nitrogens with zero attached hydrogens (tertiary/aromatic N) is 1. The van der Waals surface area contributed by atoms with Gasteiger partial charge in [0.2, 0.25) is 5.91 Å². The molecule has 1 aliphatic heterocycles. The van der Waals surface area contributed by atoms with Crippen molar-refractivity contribution in [2.24, 2.45) is 5.92 Å². The van der Waals surface area contributed by atoms with Crippen LogP contribution in [0.2, 0.25) is 0 Å². The number of amides is 1. The number of methoxy groups -OCH3 is 1. The summed E-state index contributed by atoms with van der Waals surface area (Å²) < 4.78 is 10.5. The van der Waals surface area contributed by atoms with Crippen LogP contribution >= 0.6 is 0 Å². The number of carbonyl (C=O) groups excluding carboxylic acids is 1. The van der Waals surface area contributed by atoms with Crippen molar-refractivity contribution in [2.45, 2.75) is 45.6 Å². The summed E-state index contributed by atoms with van der Waals surface area (Å²) in [7, 11) is 1.59. The van der Waals surface area contributed by atoms with Gasteiger partial charge in [0.1, 0.15) is 11.3 Å². The molecular weight excluding hydrogens is 356 g/mol. The summed E-state index contributed by atoms with van der Waals surface area (Å²) in [5.41, 5.74) is 1.15. The first-order valence-corrected chi connectivity index (χ1v) is 10.2. The molecule has 2 heterocycles. The van der Waals surface area contributed by atoms with Crippen LogP contribution in [0.5, 0.6) is 5.75 Å². The van der Waals surface area contributed by atoms with Gasteiger partial charge in [0.25, 0.3) is 0 Å². The lowest BCUT2D eigenvalue weighted by Crippen LogP contribution is -2.40. The van der Waals surface area contributed by atoms with Crippen LogP contribution in [0.25, 0.3) is 11.0 Å². The summed E-state index contributed by atoms with van der Waals surface area (Å²) in [5, 5.41) is 4.00. The Labute approximate surface area is 165 Å². The Morgan fingerprint density at radius 2 is 2.04 bits per heavy atom. The fourth-order valence-corrected chi connectivity index (χ4v) is 3.79. The molecule has 1 fully saturated rings. The summed E-state index contributed by atoms with van der Waals surface area (Å²) in [6, 6.07) is 7.13. The third kappa shape index (κ3) is 5.13. The molecule has 3 rings (SSSR count). The Balaban J connectivity index is 1.59. The highest BCUT2D eigenvalue weighted by Crippen LogP contribution is 2.25. The number of ether oxygens (including phenoxy) is 1. The van der Waals surface area contributed by atoms with Crippen molar-refractivity contribution in [1.29, 1.82) is 0 Å². The largest absolute Gasteiger partial charge is 0.497 e. The molecule has 152 valence electrons. The van der Waals surface area contributed by atoms with Crippen molar-refractivity contribution in [3.8, 4) is 5.75 Å². The number of hydrogen-bond acceptors (Lipinski definition) is 5. The number of unbranched alkanes of at least 4 members (excludes halogenated alkanes) is 2. The smallest absolute Gasteiger partial charge is 0.336 e. The van der Waals surface area contributed by atoms with E-state index in [4.69, 9.17) is 9.15 Å². The summed E-state index contributed by atoms with van der Waals surface area (Å²) in [6.45, 7) is 5.32. The standard InChI is InChI=1S/C22H30N2O4/c1-3-4-5-10-23-22(26)16-8-11-24(12-9-16)15-17-13-21(25)28-20-14-18(27-2)6-7-19(17)20/h6-7,13-14,16H,3-5,8-12,15H2,1-2H3,(H,23,26). The van der Waals surface area contributed by atoms with E-state index in [9.17, 15) is 9.59 Å². The normalized spacial score (nSPS) is 15.6.